The minimum Gasteiger partial charge on any atom is -0.456 e. The van der Waals surface area contributed by atoms with Crippen LogP contribution in [0.5, 0.6) is 0 Å². The van der Waals surface area contributed by atoms with E-state index in [1.807, 2.05) is 36.4 Å². The Kier molecular flexibility index (Phi) is 9.10. The summed E-state index contributed by atoms with van der Waals surface area (Å²) in [4.78, 5) is 21.2. The number of benzene rings is 10. The minimum absolute atomic E-state index is 0.594. The van der Waals surface area contributed by atoms with Crippen molar-refractivity contribution in [1.29, 1.82) is 0 Å². The maximum Gasteiger partial charge on any atom is 0.164 e. The third-order valence-electron chi connectivity index (χ3n) is 13.7. The van der Waals surface area contributed by atoms with Gasteiger partial charge in [0, 0.05) is 60.4 Å². The number of rotatable bonds is 7. The van der Waals surface area contributed by atoms with E-state index in [4.69, 9.17) is 24.4 Å². The molecule has 0 bridgehead atoms. The van der Waals surface area contributed by atoms with Gasteiger partial charge in [-0.05, 0) is 69.9 Å². The van der Waals surface area contributed by atoms with Gasteiger partial charge in [0.1, 0.15) is 11.2 Å². The number of furan rings is 1. The maximum absolute atomic E-state index is 6.24. The number of nitrogens with zero attached hydrogens (tertiary/aromatic N) is 5. The van der Waals surface area contributed by atoms with Crippen LogP contribution in [0.4, 0.5) is 0 Å². The van der Waals surface area contributed by atoms with E-state index in [0.717, 1.165) is 111 Å². The summed E-state index contributed by atoms with van der Waals surface area (Å²) in [7, 11) is 0. The molecule has 0 aliphatic heterocycles. The molecule has 0 fully saturated rings. The van der Waals surface area contributed by atoms with Crippen molar-refractivity contribution < 1.29 is 4.42 Å². The normalized spacial score (nSPS) is 11.7. The Balaban J connectivity index is 0.931. The van der Waals surface area contributed by atoms with Crippen molar-refractivity contribution in [1.82, 2.24) is 24.5 Å². The van der Waals surface area contributed by atoms with Gasteiger partial charge in [-0.15, -0.1) is 0 Å². The summed E-state index contributed by atoms with van der Waals surface area (Å²) < 4.78 is 8.61. The Morgan fingerprint density at radius 1 is 0.329 bits per heavy atom. The van der Waals surface area contributed by atoms with Gasteiger partial charge in [-0.2, -0.15) is 0 Å². The minimum atomic E-state index is 0.594. The molecule has 0 spiro atoms. The van der Waals surface area contributed by atoms with Crippen molar-refractivity contribution in [2.24, 2.45) is 0 Å². The van der Waals surface area contributed by atoms with E-state index >= 15 is 0 Å². The van der Waals surface area contributed by atoms with Crippen molar-refractivity contribution >= 4 is 65.4 Å². The summed E-state index contributed by atoms with van der Waals surface area (Å²) in [5.41, 5.74) is 15.0. The highest BCUT2D eigenvalue weighted by Crippen LogP contribution is 2.44. The summed E-state index contributed by atoms with van der Waals surface area (Å²) >= 11 is 0. The molecular formula is C64H39N5O. The van der Waals surface area contributed by atoms with Crippen LogP contribution in [-0.4, -0.2) is 24.5 Å². The third-order valence-corrected chi connectivity index (χ3v) is 13.7. The molecule has 14 rings (SSSR count). The highest BCUT2D eigenvalue weighted by atomic mass is 16.3. The van der Waals surface area contributed by atoms with Gasteiger partial charge < -0.3 is 8.98 Å². The second-order valence-electron chi connectivity index (χ2n) is 17.7. The second kappa shape index (κ2) is 16.1. The van der Waals surface area contributed by atoms with E-state index in [0.29, 0.717) is 17.5 Å². The van der Waals surface area contributed by atoms with Crippen molar-refractivity contribution in [3.63, 3.8) is 0 Å². The SMILES string of the molecule is c1ccc(-c2nc(-c3ccc(-c4cccc5oc6ccccc6c45)cc3)nc(-c3ccc4ccccc4c3-c3ccc(-c4nc5ccccc5c5c6ccccc6n(-c6ccccc6)c45)cc3)n2)cc1. The highest BCUT2D eigenvalue weighted by molar-refractivity contribution is 6.23. The topological polar surface area (TPSA) is 69.6 Å². The van der Waals surface area contributed by atoms with Gasteiger partial charge in [0.25, 0.3) is 0 Å². The van der Waals surface area contributed by atoms with Gasteiger partial charge in [-0.1, -0.05) is 194 Å². The molecule has 0 unspecified atom stereocenters. The average molecular weight is 894 g/mol. The monoisotopic (exact) mass is 893 g/mol. The van der Waals surface area contributed by atoms with Gasteiger partial charge in [0.15, 0.2) is 17.5 Å². The molecule has 6 heteroatoms. The second-order valence-corrected chi connectivity index (χ2v) is 17.7. The van der Waals surface area contributed by atoms with Gasteiger partial charge >= 0.3 is 0 Å². The first kappa shape index (κ1) is 39.6. The van der Waals surface area contributed by atoms with Gasteiger partial charge in [-0.25, -0.2) is 19.9 Å². The van der Waals surface area contributed by atoms with Crippen molar-refractivity contribution in [3.05, 3.63) is 237 Å². The summed E-state index contributed by atoms with van der Waals surface area (Å²) in [6.07, 6.45) is 0. The molecule has 0 atom stereocenters. The van der Waals surface area contributed by atoms with Crippen LogP contribution in [0.25, 0.3) is 139 Å². The Morgan fingerprint density at radius 3 is 1.71 bits per heavy atom. The molecule has 10 aromatic carbocycles. The van der Waals surface area contributed by atoms with Crippen LogP contribution < -0.4 is 0 Å². The molecule has 0 aliphatic rings. The van der Waals surface area contributed by atoms with Crippen molar-refractivity contribution in [2.45, 2.75) is 0 Å². The zero-order chi connectivity index (χ0) is 46.1. The smallest absolute Gasteiger partial charge is 0.164 e. The molecule has 14 aromatic rings. The van der Waals surface area contributed by atoms with E-state index in [9.17, 15) is 0 Å². The lowest BCUT2D eigenvalue weighted by Crippen LogP contribution is -2.01. The molecule has 0 N–H and O–H groups in total. The fourth-order valence-corrected chi connectivity index (χ4v) is 10.5. The molecule has 70 heavy (non-hydrogen) atoms. The van der Waals surface area contributed by atoms with Gasteiger partial charge in [-0.3, -0.25) is 0 Å². The lowest BCUT2D eigenvalue weighted by molar-refractivity contribution is 0.669. The average Bonchev–Trinajstić information content (AvgIpc) is 4.00. The predicted octanol–water partition coefficient (Wildman–Crippen LogP) is 16.6. The van der Waals surface area contributed by atoms with Crippen LogP contribution >= 0.6 is 0 Å². The zero-order valence-electron chi connectivity index (χ0n) is 37.7. The Morgan fingerprint density at radius 2 is 0.914 bits per heavy atom. The first-order valence-electron chi connectivity index (χ1n) is 23.5. The summed E-state index contributed by atoms with van der Waals surface area (Å²) in [6.45, 7) is 0. The zero-order valence-corrected chi connectivity index (χ0v) is 37.7. The van der Waals surface area contributed by atoms with Crippen LogP contribution in [0, 0.1) is 0 Å². The molecule has 0 aliphatic carbocycles. The Labute approximate surface area is 402 Å². The molecule has 4 aromatic heterocycles. The molecule has 0 saturated heterocycles. The van der Waals surface area contributed by atoms with E-state index < -0.39 is 0 Å². The number of aromatic nitrogens is 5. The highest BCUT2D eigenvalue weighted by Gasteiger charge is 2.23. The first-order chi connectivity index (χ1) is 34.7. The molecule has 0 saturated carbocycles. The molecule has 6 nitrogen and oxygen atoms in total. The summed E-state index contributed by atoms with van der Waals surface area (Å²) in [6, 6.07) is 82.7. The van der Waals surface area contributed by atoms with Gasteiger partial charge in [0.05, 0.1) is 22.2 Å². The van der Waals surface area contributed by atoms with E-state index in [-0.39, 0.29) is 0 Å². The molecule has 326 valence electrons. The summed E-state index contributed by atoms with van der Waals surface area (Å²) in [5, 5.41) is 7.96. The molecule has 0 radical (unpaired) electrons. The Hall–Kier alpha value is -9.52. The van der Waals surface area contributed by atoms with E-state index in [2.05, 4.69) is 205 Å². The number of pyridine rings is 1. The largest absolute Gasteiger partial charge is 0.456 e. The lowest BCUT2D eigenvalue weighted by Gasteiger charge is -2.16. The van der Waals surface area contributed by atoms with Crippen molar-refractivity contribution in [2.75, 3.05) is 0 Å². The molecular weight excluding hydrogens is 855 g/mol. The fourth-order valence-electron chi connectivity index (χ4n) is 10.5. The van der Waals surface area contributed by atoms with Gasteiger partial charge in [0.2, 0.25) is 0 Å². The lowest BCUT2D eigenvalue weighted by atomic mass is 9.91. The van der Waals surface area contributed by atoms with Crippen molar-refractivity contribution in [3.8, 4) is 73.4 Å². The van der Waals surface area contributed by atoms with E-state index in [1.54, 1.807) is 0 Å². The maximum atomic E-state index is 6.24. The van der Waals surface area contributed by atoms with Crippen LogP contribution in [-0.2, 0) is 0 Å². The quantitative estimate of drug-likeness (QED) is 0.159. The van der Waals surface area contributed by atoms with Crippen LogP contribution in [0.2, 0.25) is 0 Å². The number of hydrogen-bond donors (Lipinski definition) is 0. The fraction of sp³-hybridized carbons (Fsp3) is 0. The first-order valence-corrected chi connectivity index (χ1v) is 23.5. The van der Waals surface area contributed by atoms with Crippen LogP contribution in [0.3, 0.4) is 0 Å². The van der Waals surface area contributed by atoms with Crippen LogP contribution in [0.15, 0.2) is 241 Å². The molecule has 4 heterocycles. The summed E-state index contributed by atoms with van der Waals surface area (Å²) in [5.74, 6) is 1.80. The third kappa shape index (κ3) is 6.42. The number of fused-ring (bicyclic) bond motifs is 9. The number of para-hydroxylation sites is 4. The molecule has 0 amide bonds. The standard InChI is InChI=1S/C64H39N5O/c1-3-17-44(18-4-1)62-66-63(45-36-30-41(31-37-45)48-25-15-29-56-58(48)51-24-11-14-28-55(51)70-56)68-64(67-62)52-39-38-40-16-7-8-21-47(40)57(52)42-32-34-43(35-33-42)60-61-59(49-22-9-12-26-53(49)65-60)50-23-10-13-27-54(50)69(61)46-19-5-2-6-20-46/h1-39H. The van der Waals surface area contributed by atoms with Crippen LogP contribution in [0.1, 0.15) is 0 Å². The number of hydrogen-bond acceptors (Lipinski definition) is 5. The van der Waals surface area contributed by atoms with E-state index in [1.165, 1.54) is 10.8 Å². The predicted molar refractivity (Wildman–Crippen MR) is 287 cm³/mol. The Bertz CT molecular complexity index is 4330.